The van der Waals surface area contributed by atoms with E-state index < -0.39 is 0 Å². The lowest BCUT2D eigenvalue weighted by Crippen LogP contribution is -2.45. The molecule has 4 nitrogen and oxygen atoms in total. The molecule has 1 aliphatic heterocycles. The lowest BCUT2D eigenvalue weighted by molar-refractivity contribution is -0.125. The van der Waals surface area contributed by atoms with Gasteiger partial charge in [0.2, 0.25) is 5.91 Å². The molecule has 1 atom stereocenters. The van der Waals surface area contributed by atoms with Gasteiger partial charge in [0.1, 0.15) is 0 Å². The fourth-order valence-corrected chi connectivity index (χ4v) is 2.13. The van der Waals surface area contributed by atoms with Gasteiger partial charge in [-0.3, -0.25) is 9.69 Å². The van der Waals surface area contributed by atoms with Gasteiger partial charge in [0.05, 0.1) is 6.04 Å². The molecule has 0 aliphatic carbocycles. The number of amides is 1. The fraction of sp³-hybridized carbons (Fsp3) is 0.909. The third kappa shape index (κ3) is 3.18. The Hall–Kier alpha value is -0.610. The minimum atomic E-state index is -0.0400. The summed E-state index contributed by atoms with van der Waals surface area (Å²) in [6.45, 7) is 9.63. The van der Waals surface area contributed by atoms with Gasteiger partial charge < -0.3 is 11.1 Å². The summed E-state index contributed by atoms with van der Waals surface area (Å²) in [5, 5.41) is 3.00. The van der Waals surface area contributed by atoms with Crippen LogP contribution in [0.15, 0.2) is 0 Å². The number of carbonyl (C=O) groups is 1. The molecule has 1 heterocycles. The Morgan fingerprint density at radius 3 is 2.80 bits per heavy atom. The predicted octanol–water partition coefficient (Wildman–Crippen LogP) is 0.182. The zero-order valence-corrected chi connectivity index (χ0v) is 10.0. The van der Waals surface area contributed by atoms with E-state index in [2.05, 4.69) is 31.0 Å². The summed E-state index contributed by atoms with van der Waals surface area (Å²) in [5.74, 6) is 0.132. The molecule has 1 unspecified atom stereocenters. The van der Waals surface area contributed by atoms with E-state index in [0.717, 1.165) is 26.1 Å². The van der Waals surface area contributed by atoms with Crippen LogP contribution in [0.4, 0.5) is 0 Å². The maximum Gasteiger partial charge on any atom is 0.237 e. The van der Waals surface area contributed by atoms with Crippen molar-refractivity contribution < 1.29 is 4.79 Å². The third-order valence-electron chi connectivity index (χ3n) is 2.96. The van der Waals surface area contributed by atoms with Gasteiger partial charge in [0, 0.05) is 13.1 Å². The molecule has 0 aromatic rings. The molecule has 4 heteroatoms. The topological polar surface area (TPSA) is 58.4 Å². The largest absolute Gasteiger partial charge is 0.354 e. The molecule has 0 bridgehead atoms. The number of hydrogen-bond donors (Lipinski definition) is 2. The van der Waals surface area contributed by atoms with Crippen molar-refractivity contribution in [1.29, 1.82) is 0 Å². The van der Waals surface area contributed by atoms with Crippen LogP contribution >= 0.6 is 0 Å². The summed E-state index contributed by atoms with van der Waals surface area (Å²) in [7, 11) is 0. The standard InChI is InChI=1S/C11H23N3O/c1-4-14-8-11(2,3)7-13-10(15)9(14)5-6-12/h9H,4-8,12H2,1-3H3,(H,13,15). The second-order valence-corrected chi connectivity index (χ2v) is 5.04. The minimum absolute atomic E-state index is 0.0400. The van der Waals surface area contributed by atoms with E-state index in [0.29, 0.717) is 6.54 Å². The smallest absolute Gasteiger partial charge is 0.237 e. The van der Waals surface area contributed by atoms with Gasteiger partial charge >= 0.3 is 0 Å². The molecule has 0 radical (unpaired) electrons. The Labute approximate surface area is 92.2 Å². The molecule has 1 aliphatic rings. The zero-order valence-electron chi connectivity index (χ0n) is 10.0. The Morgan fingerprint density at radius 1 is 1.60 bits per heavy atom. The number of nitrogens with two attached hydrogens (primary N) is 1. The molecule has 88 valence electrons. The van der Waals surface area contributed by atoms with Crippen LogP contribution in [-0.2, 0) is 4.79 Å². The molecule has 1 rings (SSSR count). The monoisotopic (exact) mass is 213 g/mol. The highest BCUT2D eigenvalue weighted by Crippen LogP contribution is 2.21. The van der Waals surface area contributed by atoms with Crippen molar-refractivity contribution in [3.63, 3.8) is 0 Å². The van der Waals surface area contributed by atoms with Gasteiger partial charge in [-0.2, -0.15) is 0 Å². The van der Waals surface area contributed by atoms with E-state index in [1.54, 1.807) is 0 Å². The molecular formula is C11H23N3O. The number of rotatable bonds is 3. The lowest BCUT2D eigenvalue weighted by atomic mass is 9.93. The first kappa shape index (κ1) is 12.5. The lowest BCUT2D eigenvalue weighted by Gasteiger charge is -2.31. The van der Waals surface area contributed by atoms with E-state index in [1.807, 2.05) is 0 Å². The normalized spacial score (nSPS) is 27.2. The molecule has 1 saturated heterocycles. The van der Waals surface area contributed by atoms with E-state index in [9.17, 15) is 4.79 Å². The summed E-state index contributed by atoms with van der Waals surface area (Å²) in [6, 6.07) is -0.0400. The van der Waals surface area contributed by atoms with Crippen molar-refractivity contribution in [2.24, 2.45) is 11.1 Å². The van der Waals surface area contributed by atoms with Crippen LogP contribution in [0.1, 0.15) is 27.2 Å². The predicted molar refractivity (Wildman–Crippen MR) is 61.5 cm³/mol. The molecule has 15 heavy (non-hydrogen) atoms. The summed E-state index contributed by atoms with van der Waals surface area (Å²) < 4.78 is 0. The van der Waals surface area contributed by atoms with E-state index in [-0.39, 0.29) is 17.4 Å². The van der Waals surface area contributed by atoms with Crippen LogP contribution in [0.2, 0.25) is 0 Å². The van der Waals surface area contributed by atoms with E-state index >= 15 is 0 Å². The Bertz CT molecular complexity index is 228. The van der Waals surface area contributed by atoms with Crippen molar-refractivity contribution >= 4 is 5.91 Å². The Balaban J connectivity index is 2.78. The van der Waals surface area contributed by atoms with Crippen LogP contribution in [0.25, 0.3) is 0 Å². The average molecular weight is 213 g/mol. The van der Waals surface area contributed by atoms with Crippen molar-refractivity contribution in [2.75, 3.05) is 26.2 Å². The second kappa shape index (κ2) is 4.94. The number of hydrogen-bond acceptors (Lipinski definition) is 3. The SMILES string of the molecule is CCN1CC(C)(C)CNC(=O)C1CCN. The molecule has 1 fully saturated rings. The number of carbonyl (C=O) groups excluding carboxylic acids is 1. The maximum absolute atomic E-state index is 11.9. The second-order valence-electron chi connectivity index (χ2n) is 5.04. The molecule has 0 saturated carbocycles. The van der Waals surface area contributed by atoms with Crippen molar-refractivity contribution in [2.45, 2.75) is 33.2 Å². The van der Waals surface area contributed by atoms with Gasteiger partial charge in [-0.1, -0.05) is 20.8 Å². The Morgan fingerprint density at radius 2 is 2.27 bits per heavy atom. The quantitative estimate of drug-likeness (QED) is 0.703. The summed E-state index contributed by atoms with van der Waals surface area (Å²) in [6.07, 6.45) is 0.746. The van der Waals surface area contributed by atoms with Crippen LogP contribution in [0.5, 0.6) is 0 Å². The van der Waals surface area contributed by atoms with E-state index in [4.69, 9.17) is 5.73 Å². The first-order valence-corrected chi connectivity index (χ1v) is 5.72. The molecule has 0 aromatic carbocycles. The number of likely N-dealkylation sites (N-methyl/N-ethyl adjacent to an activating group) is 1. The van der Waals surface area contributed by atoms with E-state index in [1.165, 1.54) is 0 Å². The number of nitrogens with one attached hydrogen (secondary N) is 1. The summed E-state index contributed by atoms with van der Waals surface area (Å²) >= 11 is 0. The minimum Gasteiger partial charge on any atom is -0.354 e. The van der Waals surface area contributed by atoms with Crippen LogP contribution < -0.4 is 11.1 Å². The summed E-state index contributed by atoms with van der Waals surface area (Å²) in [4.78, 5) is 14.1. The van der Waals surface area contributed by atoms with Gasteiger partial charge in [-0.25, -0.2) is 0 Å². The highest BCUT2D eigenvalue weighted by molar-refractivity contribution is 5.82. The van der Waals surface area contributed by atoms with Crippen LogP contribution in [0.3, 0.4) is 0 Å². The van der Waals surface area contributed by atoms with Crippen molar-refractivity contribution in [3.05, 3.63) is 0 Å². The van der Waals surface area contributed by atoms with Crippen molar-refractivity contribution in [3.8, 4) is 0 Å². The van der Waals surface area contributed by atoms with Gasteiger partial charge in [-0.15, -0.1) is 0 Å². The zero-order chi connectivity index (χ0) is 11.5. The highest BCUT2D eigenvalue weighted by atomic mass is 16.2. The molecular weight excluding hydrogens is 190 g/mol. The average Bonchev–Trinajstić information content (AvgIpc) is 2.29. The fourth-order valence-electron chi connectivity index (χ4n) is 2.13. The van der Waals surface area contributed by atoms with Gasteiger partial charge in [-0.05, 0) is 24.9 Å². The van der Waals surface area contributed by atoms with Crippen LogP contribution in [-0.4, -0.2) is 43.0 Å². The first-order chi connectivity index (χ1) is 7.00. The summed E-state index contributed by atoms with van der Waals surface area (Å²) in [5.41, 5.74) is 5.70. The number of nitrogens with zero attached hydrogens (tertiary/aromatic N) is 1. The third-order valence-corrected chi connectivity index (χ3v) is 2.96. The molecule has 3 N–H and O–H groups in total. The maximum atomic E-state index is 11.9. The Kier molecular flexibility index (Phi) is 4.11. The first-order valence-electron chi connectivity index (χ1n) is 5.72. The van der Waals surface area contributed by atoms with Gasteiger partial charge in [0.25, 0.3) is 0 Å². The molecule has 0 spiro atoms. The molecule has 0 aromatic heterocycles. The van der Waals surface area contributed by atoms with Gasteiger partial charge in [0.15, 0.2) is 0 Å². The van der Waals surface area contributed by atoms with Crippen molar-refractivity contribution in [1.82, 2.24) is 10.2 Å². The highest BCUT2D eigenvalue weighted by Gasteiger charge is 2.33. The molecule has 1 amide bonds. The van der Waals surface area contributed by atoms with Crippen LogP contribution in [0, 0.1) is 5.41 Å².